The van der Waals surface area contributed by atoms with E-state index >= 15 is 0 Å². The number of hydrogen-bond acceptors (Lipinski definition) is 4. The second-order valence-corrected chi connectivity index (χ2v) is 6.98. The van der Waals surface area contributed by atoms with Crippen molar-refractivity contribution in [1.29, 1.82) is 0 Å². The number of carbonyl (C=O) groups excluding carboxylic acids is 2. The summed E-state index contributed by atoms with van der Waals surface area (Å²) in [6, 6.07) is 17.2. The Bertz CT molecular complexity index is 845. The minimum Gasteiger partial charge on any atom is -0.491 e. The number of carbonyl (C=O) groups is 2. The molecular formula is C22H25N3O3. The lowest BCUT2D eigenvalue weighted by atomic mass is 10.1. The highest BCUT2D eigenvalue weighted by atomic mass is 16.5. The summed E-state index contributed by atoms with van der Waals surface area (Å²) in [5, 5.41) is 8.55. The Hall–Kier alpha value is -3.15. The highest BCUT2D eigenvalue weighted by Gasteiger charge is 2.24. The zero-order valence-electron chi connectivity index (χ0n) is 16.2. The van der Waals surface area contributed by atoms with Gasteiger partial charge in [-0.25, -0.2) is 5.01 Å². The largest absolute Gasteiger partial charge is 0.491 e. The van der Waals surface area contributed by atoms with Gasteiger partial charge >= 0.3 is 0 Å². The molecule has 1 aliphatic rings. The molecule has 6 nitrogen and oxygen atoms in total. The van der Waals surface area contributed by atoms with Gasteiger partial charge in [-0.2, -0.15) is 5.10 Å². The van der Waals surface area contributed by atoms with Crippen molar-refractivity contribution in [2.75, 3.05) is 0 Å². The molecule has 0 bridgehead atoms. The average molecular weight is 379 g/mol. The molecule has 2 amide bonds. The maximum absolute atomic E-state index is 12.5. The molecule has 0 aromatic heterocycles. The Kier molecular flexibility index (Phi) is 6.42. The van der Waals surface area contributed by atoms with Gasteiger partial charge in [0, 0.05) is 19.4 Å². The molecule has 0 fully saturated rings. The third-order valence-electron chi connectivity index (χ3n) is 4.29. The van der Waals surface area contributed by atoms with Crippen LogP contribution in [0.5, 0.6) is 5.75 Å². The van der Waals surface area contributed by atoms with E-state index in [1.807, 2.05) is 68.4 Å². The number of nitrogens with one attached hydrogen (secondary N) is 1. The van der Waals surface area contributed by atoms with E-state index in [0.29, 0.717) is 31.6 Å². The first-order valence-corrected chi connectivity index (χ1v) is 9.47. The molecule has 0 aliphatic carbocycles. The molecule has 1 aliphatic heterocycles. The van der Waals surface area contributed by atoms with Gasteiger partial charge in [0.2, 0.25) is 5.91 Å². The molecule has 0 saturated carbocycles. The van der Waals surface area contributed by atoms with E-state index in [1.54, 1.807) is 0 Å². The van der Waals surface area contributed by atoms with E-state index < -0.39 is 0 Å². The minimum absolute atomic E-state index is 0.0684. The van der Waals surface area contributed by atoms with Crippen LogP contribution in [0.2, 0.25) is 0 Å². The Morgan fingerprint density at radius 1 is 1.07 bits per heavy atom. The van der Waals surface area contributed by atoms with Crippen LogP contribution in [0, 0.1) is 0 Å². The van der Waals surface area contributed by atoms with Crippen molar-refractivity contribution in [2.24, 2.45) is 5.10 Å². The number of benzene rings is 2. The third-order valence-corrected chi connectivity index (χ3v) is 4.29. The fourth-order valence-corrected chi connectivity index (χ4v) is 2.89. The Balaban J connectivity index is 1.58. The van der Waals surface area contributed by atoms with Gasteiger partial charge in [0.05, 0.1) is 12.6 Å². The molecule has 28 heavy (non-hydrogen) atoms. The molecule has 0 saturated heterocycles. The average Bonchev–Trinajstić information content (AvgIpc) is 2.69. The van der Waals surface area contributed by atoms with Crippen molar-refractivity contribution < 1.29 is 14.3 Å². The Morgan fingerprint density at radius 2 is 1.79 bits per heavy atom. The summed E-state index contributed by atoms with van der Waals surface area (Å²) in [6.45, 7) is 4.72. The van der Waals surface area contributed by atoms with E-state index in [9.17, 15) is 9.59 Å². The molecule has 2 aromatic carbocycles. The van der Waals surface area contributed by atoms with Crippen LogP contribution < -0.4 is 10.1 Å². The van der Waals surface area contributed by atoms with Gasteiger partial charge in [0.15, 0.2) is 0 Å². The summed E-state index contributed by atoms with van der Waals surface area (Å²) in [5.74, 6) is 0.492. The lowest BCUT2D eigenvalue weighted by Crippen LogP contribution is -2.38. The van der Waals surface area contributed by atoms with E-state index in [0.717, 1.165) is 16.9 Å². The Morgan fingerprint density at radius 3 is 2.46 bits per heavy atom. The minimum atomic E-state index is -0.243. The molecule has 0 radical (unpaired) electrons. The van der Waals surface area contributed by atoms with Crippen LogP contribution in [0.1, 0.15) is 37.8 Å². The standard InChI is InChI=1S/C22H25N3O3/c1-16(2)28-19-10-8-17(9-11-19)14-23-22(27)20-12-13-21(26)25(24-20)15-18-6-4-3-5-7-18/h3-11,16H,12-15H2,1-2H3,(H,23,27). The van der Waals surface area contributed by atoms with Crippen molar-refractivity contribution in [3.8, 4) is 5.75 Å². The van der Waals surface area contributed by atoms with Gasteiger partial charge < -0.3 is 10.1 Å². The van der Waals surface area contributed by atoms with E-state index in [-0.39, 0.29) is 17.9 Å². The predicted molar refractivity (Wildman–Crippen MR) is 108 cm³/mol. The monoisotopic (exact) mass is 379 g/mol. The Labute approximate surface area is 165 Å². The van der Waals surface area contributed by atoms with Gasteiger partial charge in [0.25, 0.3) is 5.91 Å². The number of hydrogen-bond donors (Lipinski definition) is 1. The van der Waals surface area contributed by atoms with Gasteiger partial charge in [0.1, 0.15) is 11.5 Å². The maximum atomic E-state index is 12.5. The maximum Gasteiger partial charge on any atom is 0.267 e. The zero-order chi connectivity index (χ0) is 19.9. The van der Waals surface area contributed by atoms with E-state index in [4.69, 9.17) is 4.74 Å². The lowest BCUT2D eigenvalue weighted by molar-refractivity contribution is -0.132. The van der Waals surface area contributed by atoms with Crippen LogP contribution >= 0.6 is 0 Å². The zero-order valence-corrected chi connectivity index (χ0v) is 16.2. The highest BCUT2D eigenvalue weighted by molar-refractivity contribution is 6.39. The van der Waals surface area contributed by atoms with Crippen LogP contribution in [-0.2, 0) is 22.7 Å². The topological polar surface area (TPSA) is 71.0 Å². The molecule has 1 N–H and O–H groups in total. The smallest absolute Gasteiger partial charge is 0.267 e. The van der Waals surface area contributed by atoms with Gasteiger partial charge in [-0.05, 0) is 37.1 Å². The van der Waals surface area contributed by atoms with E-state index in [1.165, 1.54) is 5.01 Å². The first-order chi connectivity index (χ1) is 13.5. The predicted octanol–water partition coefficient (Wildman–Crippen LogP) is 3.27. The summed E-state index contributed by atoms with van der Waals surface area (Å²) >= 11 is 0. The number of rotatable bonds is 7. The third kappa shape index (κ3) is 5.42. The van der Waals surface area contributed by atoms with Crippen molar-refractivity contribution in [3.05, 3.63) is 65.7 Å². The summed E-state index contributed by atoms with van der Waals surface area (Å²) in [4.78, 5) is 24.6. The quantitative estimate of drug-likeness (QED) is 0.803. The van der Waals surface area contributed by atoms with Crippen molar-refractivity contribution in [2.45, 2.75) is 45.9 Å². The second kappa shape index (κ2) is 9.17. The van der Waals surface area contributed by atoms with Crippen molar-refractivity contribution in [1.82, 2.24) is 10.3 Å². The van der Waals surface area contributed by atoms with Gasteiger partial charge in [-0.3, -0.25) is 9.59 Å². The molecular weight excluding hydrogens is 354 g/mol. The van der Waals surface area contributed by atoms with Crippen LogP contribution in [0.4, 0.5) is 0 Å². The first kappa shape index (κ1) is 19.6. The first-order valence-electron chi connectivity index (χ1n) is 9.47. The van der Waals surface area contributed by atoms with Crippen LogP contribution in [0.25, 0.3) is 0 Å². The lowest BCUT2D eigenvalue weighted by Gasteiger charge is -2.23. The molecule has 3 rings (SSSR count). The molecule has 1 heterocycles. The molecule has 146 valence electrons. The number of nitrogens with zero attached hydrogens (tertiary/aromatic N) is 2. The summed E-state index contributed by atoms with van der Waals surface area (Å²) < 4.78 is 5.62. The van der Waals surface area contributed by atoms with Crippen LogP contribution in [-0.4, -0.2) is 28.6 Å². The number of hydrazone groups is 1. The number of amides is 2. The normalized spacial score (nSPS) is 14.0. The molecule has 0 unspecified atom stereocenters. The number of ether oxygens (including phenoxy) is 1. The second-order valence-electron chi connectivity index (χ2n) is 6.98. The van der Waals surface area contributed by atoms with Gasteiger partial charge in [-0.15, -0.1) is 0 Å². The molecule has 6 heteroatoms. The molecule has 0 atom stereocenters. The van der Waals surface area contributed by atoms with Crippen LogP contribution in [0.3, 0.4) is 0 Å². The summed E-state index contributed by atoms with van der Waals surface area (Å²) in [7, 11) is 0. The molecule has 2 aromatic rings. The summed E-state index contributed by atoms with van der Waals surface area (Å²) in [6.07, 6.45) is 0.772. The fourth-order valence-electron chi connectivity index (χ4n) is 2.89. The van der Waals surface area contributed by atoms with Crippen LogP contribution in [0.15, 0.2) is 59.7 Å². The SMILES string of the molecule is CC(C)Oc1ccc(CNC(=O)C2=NN(Cc3ccccc3)C(=O)CC2)cc1. The highest BCUT2D eigenvalue weighted by Crippen LogP contribution is 2.15. The molecule has 0 spiro atoms. The van der Waals surface area contributed by atoms with Crippen molar-refractivity contribution >= 4 is 17.5 Å². The summed E-state index contributed by atoms with van der Waals surface area (Å²) in [5.41, 5.74) is 2.33. The van der Waals surface area contributed by atoms with Gasteiger partial charge in [-0.1, -0.05) is 42.5 Å². The van der Waals surface area contributed by atoms with E-state index in [2.05, 4.69) is 10.4 Å². The fraction of sp³-hybridized carbons (Fsp3) is 0.318. The van der Waals surface area contributed by atoms with Crippen molar-refractivity contribution in [3.63, 3.8) is 0 Å².